The maximum absolute atomic E-state index is 12.3. The Hall–Kier alpha value is -1.93. The van der Waals surface area contributed by atoms with E-state index in [0.717, 1.165) is 0 Å². The van der Waals surface area contributed by atoms with E-state index >= 15 is 0 Å². The van der Waals surface area contributed by atoms with E-state index in [1.165, 1.54) is 0 Å². The molecule has 0 radical (unpaired) electrons. The van der Waals surface area contributed by atoms with Crippen molar-refractivity contribution < 1.29 is 4.79 Å². The van der Waals surface area contributed by atoms with E-state index in [0.29, 0.717) is 27.0 Å². The number of anilines is 1. The number of rotatable bonds is 2. The van der Waals surface area contributed by atoms with Crippen LogP contribution in [0, 0.1) is 11.8 Å². The first-order valence-electron chi connectivity index (χ1n) is 6.13. The standard InChI is InChI=1S/C15H13Cl2N3O/c1-20-9-12(17)8-14(20)15(21)19-13-7-11(16)5-4-10(13)3-2-6-18/h4-5,7-9H,6,18H2,1H3,(H,19,21). The minimum absolute atomic E-state index is 0.240. The van der Waals surface area contributed by atoms with Gasteiger partial charge < -0.3 is 15.6 Å². The molecular weight excluding hydrogens is 309 g/mol. The highest BCUT2D eigenvalue weighted by Crippen LogP contribution is 2.22. The van der Waals surface area contributed by atoms with Crippen LogP contribution >= 0.6 is 23.2 Å². The van der Waals surface area contributed by atoms with Crippen LogP contribution in [0.3, 0.4) is 0 Å². The van der Waals surface area contributed by atoms with Crippen molar-refractivity contribution in [3.05, 3.63) is 51.8 Å². The molecule has 0 fully saturated rings. The first-order chi connectivity index (χ1) is 10.0. The molecule has 0 spiro atoms. The number of amides is 1. The zero-order valence-electron chi connectivity index (χ0n) is 11.3. The van der Waals surface area contributed by atoms with E-state index in [1.807, 2.05) is 0 Å². The Kier molecular flexibility index (Phi) is 4.92. The van der Waals surface area contributed by atoms with Crippen molar-refractivity contribution in [1.82, 2.24) is 4.57 Å². The number of nitrogens with one attached hydrogen (secondary N) is 1. The lowest BCUT2D eigenvalue weighted by Gasteiger charge is -2.08. The Morgan fingerprint density at radius 3 is 2.71 bits per heavy atom. The van der Waals surface area contributed by atoms with Crippen LogP contribution in [0.2, 0.25) is 10.0 Å². The van der Waals surface area contributed by atoms with E-state index in [4.69, 9.17) is 28.9 Å². The van der Waals surface area contributed by atoms with Gasteiger partial charge in [-0.3, -0.25) is 4.79 Å². The first kappa shape index (κ1) is 15.5. The summed E-state index contributed by atoms with van der Waals surface area (Å²) < 4.78 is 1.65. The van der Waals surface area contributed by atoms with Crippen molar-refractivity contribution in [2.45, 2.75) is 0 Å². The van der Waals surface area contributed by atoms with Crippen molar-refractivity contribution in [2.24, 2.45) is 12.8 Å². The molecule has 0 aliphatic carbocycles. The molecule has 3 N–H and O–H groups in total. The number of nitrogens with two attached hydrogens (primary N) is 1. The van der Waals surface area contributed by atoms with Crippen molar-refractivity contribution in [2.75, 3.05) is 11.9 Å². The molecule has 0 aliphatic heterocycles. The highest BCUT2D eigenvalue weighted by atomic mass is 35.5. The molecule has 1 aromatic carbocycles. The number of carbonyl (C=O) groups excluding carboxylic acids is 1. The topological polar surface area (TPSA) is 60.0 Å². The van der Waals surface area contributed by atoms with Gasteiger partial charge in [-0.15, -0.1) is 0 Å². The number of hydrogen-bond donors (Lipinski definition) is 2. The molecule has 1 heterocycles. The van der Waals surface area contributed by atoms with Crippen molar-refractivity contribution in [3.8, 4) is 11.8 Å². The summed E-state index contributed by atoms with van der Waals surface area (Å²) >= 11 is 11.8. The van der Waals surface area contributed by atoms with Crippen LogP contribution in [0.15, 0.2) is 30.5 Å². The van der Waals surface area contributed by atoms with E-state index < -0.39 is 0 Å². The fourth-order valence-corrected chi connectivity index (χ4v) is 2.23. The SMILES string of the molecule is Cn1cc(Cl)cc1C(=O)Nc1cc(Cl)ccc1C#CCN. The Bertz CT molecular complexity index is 741. The molecule has 0 saturated heterocycles. The van der Waals surface area contributed by atoms with Gasteiger partial charge in [0.1, 0.15) is 5.69 Å². The second-order valence-corrected chi connectivity index (χ2v) is 5.18. The van der Waals surface area contributed by atoms with Crippen molar-refractivity contribution >= 4 is 34.8 Å². The maximum Gasteiger partial charge on any atom is 0.272 e. The molecule has 1 aromatic heterocycles. The van der Waals surface area contributed by atoms with Crippen LogP contribution < -0.4 is 11.1 Å². The van der Waals surface area contributed by atoms with Crippen LogP contribution in [-0.2, 0) is 7.05 Å². The number of aryl methyl sites for hydroxylation is 1. The van der Waals surface area contributed by atoms with Crippen molar-refractivity contribution in [1.29, 1.82) is 0 Å². The minimum atomic E-state index is -0.289. The smallest absolute Gasteiger partial charge is 0.272 e. The van der Waals surface area contributed by atoms with Crippen LogP contribution in [-0.4, -0.2) is 17.0 Å². The lowest BCUT2D eigenvalue weighted by molar-refractivity contribution is 0.101. The summed E-state index contributed by atoms with van der Waals surface area (Å²) in [6.45, 7) is 0.240. The highest BCUT2D eigenvalue weighted by Gasteiger charge is 2.13. The summed E-state index contributed by atoms with van der Waals surface area (Å²) in [6.07, 6.45) is 1.66. The predicted molar refractivity (Wildman–Crippen MR) is 85.8 cm³/mol. The molecule has 4 nitrogen and oxygen atoms in total. The minimum Gasteiger partial charge on any atom is -0.345 e. The fourth-order valence-electron chi connectivity index (χ4n) is 1.81. The van der Waals surface area contributed by atoms with Gasteiger partial charge in [-0.05, 0) is 24.3 Å². The third kappa shape index (κ3) is 3.79. The summed E-state index contributed by atoms with van der Waals surface area (Å²) in [6, 6.07) is 6.67. The highest BCUT2D eigenvalue weighted by molar-refractivity contribution is 6.31. The van der Waals surface area contributed by atoms with E-state index in [9.17, 15) is 4.79 Å². The Morgan fingerprint density at radius 1 is 1.33 bits per heavy atom. The summed E-state index contributed by atoms with van der Waals surface area (Å²) in [5.74, 6) is 5.36. The molecule has 6 heteroatoms. The van der Waals surface area contributed by atoms with Gasteiger partial charge in [0, 0.05) is 23.8 Å². The van der Waals surface area contributed by atoms with Gasteiger partial charge in [-0.2, -0.15) is 0 Å². The van der Waals surface area contributed by atoms with Gasteiger partial charge in [0.2, 0.25) is 0 Å². The zero-order chi connectivity index (χ0) is 15.4. The summed E-state index contributed by atoms with van der Waals surface area (Å²) in [5, 5.41) is 3.79. The van der Waals surface area contributed by atoms with E-state index in [1.54, 1.807) is 42.1 Å². The second-order valence-electron chi connectivity index (χ2n) is 4.30. The van der Waals surface area contributed by atoms with E-state index in [-0.39, 0.29) is 12.5 Å². The van der Waals surface area contributed by atoms with Crippen molar-refractivity contribution in [3.63, 3.8) is 0 Å². The van der Waals surface area contributed by atoms with Gasteiger partial charge in [-0.1, -0.05) is 35.0 Å². The summed E-state index contributed by atoms with van der Waals surface area (Å²) in [7, 11) is 1.74. The average molecular weight is 322 g/mol. The summed E-state index contributed by atoms with van der Waals surface area (Å²) in [4.78, 5) is 12.3. The van der Waals surface area contributed by atoms with Crippen LogP contribution in [0.25, 0.3) is 0 Å². The number of halogens is 2. The third-order valence-electron chi connectivity index (χ3n) is 2.76. The number of benzene rings is 1. The normalized spacial score (nSPS) is 9.90. The van der Waals surface area contributed by atoms with Crippen LogP contribution in [0.1, 0.15) is 16.1 Å². The van der Waals surface area contributed by atoms with Gasteiger partial charge in [0.05, 0.1) is 17.3 Å². The third-order valence-corrected chi connectivity index (χ3v) is 3.20. The lowest BCUT2D eigenvalue weighted by atomic mass is 10.1. The molecular formula is C15H13Cl2N3O. The molecule has 1 amide bonds. The number of aromatic nitrogens is 1. The van der Waals surface area contributed by atoms with E-state index in [2.05, 4.69) is 17.2 Å². The Morgan fingerprint density at radius 2 is 2.10 bits per heavy atom. The van der Waals surface area contributed by atoms with Gasteiger partial charge in [-0.25, -0.2) is 0 Å². The molecule has 108 valence electrons. The van der Waals surface area contributed by atoms with Gasteiger partial charge >= 0.3 is 0 Å². The molecule has 21 heavy (non-hydrogen) atoms. The molecule has 2 rings (SSSR count). The zero-order valence-corrected chi connectivity index (χ0v) is 12.8. The molecule has 0 saturated carbocycles. The maximum atomic E-state index is 12.3. The lowest BCUT2D eigenvalue weighted by Crippen LogP contribution is -2.16. The molecule has 0 unspecified atom stereocenters. The average Bonchev–Trinajstić information content (AvgIpc) is 2.77. The van der Waals surface area contributed by atoms with Gasteiger partial charge in [0.15, 0.2) is 0 Å². The summed E-state index contributed by atoms with van der Waals surface area (Å²) in [5.41, 5.74) is 6.99. The van der Waals surface area contributed by atoms with Crippen LogP contribution in [0.4, 0.5) is 5.69 Å². The first-order valence-corrected chi connectivity index (χ1v) is 6.88. The monoisotopic (exact) mass is 321 g/mol. The number of hydrogen-bond acceptors (Lipinski definition) is 2. The number of nitrogens with zero attached hydrogens (tertiary/aromatic N) is 1. The Labute approximate surface area is 132 Å². The van der Waals surface area contributed by atoms with Crippen LogP contribution in [0.5, 0.6) is 0 Å². The van der Waals surface area contributed by atoms with Gasteiger partial charge in [0.25, 0.3) is 5.91 Å². The Balaban J connectivity index is 2.32. The number of carbonyl (C=O) groups is 1. The molecule has 0 aliphatic rings. The molecule has 0 atom stereocenters. The second kappa shape index (κ2) is 6.68. The largest absolute Gasteiger partial charge is 0.345 e. The predicted octanol–water partition coefficient (Wildman–Crippen LogP) is 2.89. The molecule has 0 bridgehead atoms. The quantitative estimate of drug-likeness (QED) is 0.835. The molecule has 2 aromatic rings. The fraction of sp³-hybridized carbons (Fsp3) is 0.133.